The van der Waals surface area contributed by atoms with Crippen molar-refractivity contribution in [3.05, 3.63) is 39.5 Å². The molecule has 4 atom stereocenters. The SMILES string of the molecule is CC(OS(C)(=O)=O)C1C=C(CC(O)CO)C(N(c2ccccc2I)S(C)(=O)=O)CC1. The summed E-state index contributed by atoms with van der Waals surface area (Å²) in [5.74, 6) is -0.270. The number of hydrogen-bond donors (Lipinski definition) is 2. The van der Waals surface area contributed by atoms with Crippen LogP contribution in [-0.2, 0) is 24.3 Å². The molecule has 0 bridgehead atoms. The van der Waals surface area contributed by atoms with Gasteiger partial charge in [0.1, 0.15) is 0 Å². The van der Waals surface area contributed by atoms with Crippen molar-refractivity contribution in [1.29, 1.82) is 0 Å². The summed E-state index contributed by atoms with van der Waals surface area (Å²) in [6.45, 7) is 1.18. The quantitative estimate of drug-likeness (QED) is 0.263. The van der Waals surface area contributed by atoms with Crippen molar-refractivity contribution in [3.63, 3.8) is 0 Å². The summed E-state index contributed by atoms with van der Waals surface area (Å²) in [5, 5.41) is 19.4. The molecule has 0 saturated heterocycles. The standard InChI is InChI=1S/C19H28INO7S2/c1-13(28-30(3,26)27)14-8-9-18(15(10-14)11-16(23)12-22)21(29(2,24)25)19-7-5-4-6-17(19)20/h4-7,10,13-14,16,18,22-23H,8-9,11-12H2,1-3H3. The van der Waals surface area contributed by atoms with Crippen molar-refractivity contribution in [2.75, 3.05) is 23.4 Å². The Balaban J connectivity index is 2.50. The molecule has 0 aliphatic heterocycles. The summed E-state index contributed by atoms with van der Waals surface area (Å²) in [4.78, 5) is 0. The van der Waals surface area contributed by atoms with E-state index >= 15 is 0 Å². The minimum Gasteiger partial charge on any atom is -0.394 e. The molecule has 0 heterocycles. The average Bonchev–Trinajstić information content (AvgIpc) is 2.62. The Morgan fingerprint density at radius 2 is 1.83 bits per heavy atom. The minimum absolute atomic E-state index is 0.0681. The van der Waals surface area contributed by atoms with E-state index in [0.29, 0.717) is 24.1 Å². The molecule has 1 aliphatic rings. The molecule has 1 aromatic rings. The van der Waals surface area contributed by atoms with E-state index < -0.39 is 45.0 Å². The van der Waals surface area contributed by atoms with Crippen LogP contribution in [0, 0.1) is 9.49 Å². The molecule has 4 unspecified atom stereocenters. The number of aliphatic hydroxyl groups excluding tert-OH is 2. The number of anilines is 1. The van der Waals surface area contributed by atoms with E-state index in [1.54, 1.807) is 25.1 Å². The Morgan fingerprint density at radius 3 is 2.37 bits per heavy atom. The summed E-state index contributed by atoms with van der Waals surface area (Å²) in [5.41, 5.74) is 1.16. The van der Waals surface area contributed by atoms with Gasteiger partial charge >= 0.3 is 0 Å². The Morgan fingerprint density at radius 1 is 1.20 bits per heavy atom. The Bertz CT molecular complexity index is 978. The smallest absolute Gasteiger partial charge is 0.264 e. The first-order valence-electron chi connectivity index (χ1n) is 9.45. The van der Waals surface area contributed by atoms with Crippen molar-refractivity contribution < 1.29 is 31.2 Å². The fraction of sp³-hybridized carbons (Fsp3) is 0.579. The zero-order chi connectivity index (χ0) is 22.7. The van der Waals surface area contributed by atoms with Crippen LogP contribution >= 0.6 is 22.6 Å². The highest BCUT2D eigenvalue weighted by atomic mass is 127. The Kier molecular flexibility index (Phi) is 8.73. The summed E-state index contributed by atoms with van der Waals surface area (Å²) in [6.07, 6.45) is 3.22. The molecule has 0 fully saturated rings. The first kappa shape index (κ1) is 25.5. The van der Waals surface area contributed by atoms with Crippen molar-refractivity contribution in [2.45, 2.75) is 44.4 Å². The molecule has 30 heavy (non-hydrogen) atoms. The lowest BCUT2D eigenvalue weighted by atomic mass is 9.82. The van der Waals surface area contributed by atoms with Gasteiger partial charge < -0.3 is 10.2 Å². The summed E-state index contributed by atoms with van der Waals surface area (Å²) in [7, 11) is -7.31. The third-order valence-electron chi connectivity index (χ3n) is 4.97. The lowest BCUT2D eigenvalue weighted by Crippen LogP contribution is -2.44. The normalized spacial score (nSPS) is 22.3. The van der Waals surface area contributed by atoms with Gasteiger partial charge in [-0.3, -0.25) is 8.49 Å². The molecule has 2 N–H and O–H groups in total. The van der Waals surface area contributed by atoms with E-state index in [-0.39, 0.29) is 12.3 Å². The van der Waals surface area contributed by atoms with Gasteiger partial charge in [0, 0.05) is 9.49 Å². The van der Waals surface area contributed by atoms with Crippen molar-refractivity contribution in [1.82, 2.24) is 0 Å². The molecule has 2 rings (SSSR count). The van der Waals surface area contributed by atoms with Crippen LogP contribution in [-0.4, -0.2) is 64.4 Å². The van der Waals surface area contributed by atoms with Gasteiger partial charge in [0.2, 0.25) is 10.0 Å². The monoisotopic (exact) mass is 573 g/mol. The third-order valence-corrected chi connectivity index (χ3v) is 7.70. The molecule has 0 radical (unpaired) electrons. The summed E-state index contributed by atoms with van der Waals surface area (Å²) >= 11 is 2.08. The lowest BCUT2D eigenvalue weighted by Gasteiger charge is -2.39. The Labute approximate surface area is 192 Å². The van der Waals surface area contributed by atoms with Gasteiger partial charge in [-0.05, 0) is 66.5 Å². The molecule has 1 aliphatic carbocycles. The number of halogens is 1. The van der Waals surface area contributed by atoms with Crippen LogP contribution in [0.4, 0.5) is 5.69 Å². The average molecular weight is 573 g/mol. The maximum atomic E-state index is 12.8. The van der Waals surface area contributed by atoms with Crippen LogP contribution in [0.1, 0.15) is 26.2 Å². The van der Waals surface area contributed by atoms with Gasteiger partial charge in [0.25, 0.3) is 10.1 Å². The first-order valence-corrected chi connectivity index (χ1v) is 14.2. The van der Waals surface area contributed by atoms with Crippen molar-refractivity contribution in [2.24, 2.45) is 5.92 Å². The van der Waals surface area contributed by atoms with Crippen LogP contribution in [0.15, 0.2) is 35.9 Å². The minimum atomic E-state index is -3.67. The fourth-order valence-electron chi connectivity index (χ4n) is 3.74. The molecule has 0 saturated carbocycles. The van der Waals surface area contributed by atoms with Gasteiger partial charge in [0.15, 0.2) is 0 Å². The zero-order valence-electron chi connectivity index (χ0n) is 17.1. The molecular weight excluding hydrogens is 545 g/mol. The summed E-state index contributed by atoms with van der Waals surface area (Å²) in [6, 6.07) is 6.56. The molecule has 170 valence electrons. The molecule has 8 nitrogen and oxygen atoms in total. The molecule has 1 aromatic carbocycles. The maximum absolute atomic E-state index is 12.8. The number of sulfonamides is 1. The zero-order valence-corrected chi connectivity index (χ0v) is 20.9. The second kappa shape index (κ2) is 10.3. The van der Waals surface area contributed by atoms with E-state index in [1.807, 2.05) is 12.1 Å². The topological polar surface area (TPSA) is 121 Å². The van der Waals surface area contributed by atoms with Crippen LogP contribution in [0.3, 0.4) is 0 Å². The van der Waals surface area contributed by atoms with Crippen LogP contribution in [0.5, 0.6) is 0 Å². The fourth-order valence-corrected chi connectivity index (χ4v) is 6.46. The van der Waals surface area contributed by atoms with Crippen molar-refractivity contribution in [3.8, 4) is 0 Å². The molecule has 0 spiro atoms. The van der Waals surface area contributed by atoms with Crippen LogP contribution < -0.4 is 4.31 Å². The van der Waals surface area contributed by atoms with E-state index in [1.165, 1.54) is 4.31 Å². The van der Waals surface area contributed by atoms with Crippen molar-refractivity contribution >= 4 is 48.4 Å². The second-order valence-corrected chi connectivity index (χ2v) is 12.2. The number of para-hydroxylation sites is 1. The molecule has 0 amide bonds. The number of rotatable bonds is 9. The van der Waals surface area contributed by atoms with E-state index in [4.69, 9.17) is 4.18 Å². The number of aliphatic hydroxyl groups is 2. The first-order chi connectivity index (χ1) is 13.8. The molecular formula is C19H28INO7S2. The van der Waals surface area contributed by atoms with Gasteiger partial charge in [-0.25, -0.2) is 8.42 Å². The summed E-state index contributed by atoms with van der Waals surface area (Å²) < 4.78 is 55.8. The third kappa shape index (κ3) is 6.89. The highest BCUT2D eigenvalue weighted by Gasteiger charge is 2.36. The number of nitrogens with zero attached hydrogens (tertiary/aromatic N) is 1. The molecule has 11 heteroatoms. The highest BCUT2D eigenvalue weighted by molar-refractivity contribution is 14.1. The number of hydrogen-bond acceptors (Lipinski definition) is 7. The van der Waals surface area contributed by atoms with E-state index in [0.717, 1.165) is 16.1 Å². The maximum Gasteiger partial charge on any atom is 0.264 e. The predicted octanol–water partition coefficient (Wildman–Crippen LogP) is 1.87. The van der Waals surface area contributed by atoms with E-state index in [9.17, 15) is 27.0 Å². The Hall–Kier alpha value is -0.730. The number of benzene rings is 1. The highest BCUT2D eigenvalue weighted by Crippen LogP contribution is 2.37. The predicted molar refractivity (Wildman–Crippen MR) is 124 cm³/mol. The van der Waals surface area contributed by atoms with Gasteiger partial charge in [-0.1, -0.05) is 18.2 Å². The van der Waals surface area contributed by atoms with Crippen LogP contribution in [0.25, 0.3) is 0 Å². The van der Waals surface area contributed by atoms with Gasteiger partial charge in [-0.15, -0.1) is 0 Å². The largest absolute Gasteiger partial charge is 0.394 e. The van der Waals surface area contributed by atoms with Crippen LogP contribution in [0.2, 0.25) is 0 Å². The van der Waals surface area contributed by atoms with E-state index in [2.05, 4.69) is 22.6 Å². The lowest BCUT2D eigenvalue weighted by molar-refractivity contribution is 0.0928. The van der Waals surface area contributed by atoms with Gasteiger partial charge in [-0.2, -0.15) is 8.42 Å². The molecule has 0 aromatic heterocycles. The van der Waals surface area contributed by atoms with Gasteiger partial charge in [0.05, 0.1) is 43.1 Å². The second-order valence-electron chi connectivity index (χ2n) is 7.55.